The first-order chi connectivity index (χ1) is 10.1. The van der Waals surface area contributed by atoms with Crippen molar-refractivity contribution < 1.29 is 17.7 Å². The zero-order chi connectivity index (χ0) is 14.9. The third-order valence-electron chi connectivity index (χ3n) is 3.83. The summed E-state index contributed by atoms with van der Waals surface area (Å²) < 4.78 is 28.3. The molecule has 1 aromatic heterocycles. The number of aromatic nitrogens is 2. The molecule has 2 aliphatic rings. The van der Waals surface area contributed by atoms with Gasteiger partial charge in [-0.15, -0.1) is 0 Å². The molecule has 1 unspecified atom stereocenters. The van der Waals surface area contributed by atoms with Gasteiger partial charge in [0, 0.05) is 13.1 Å². The second kappa shape index (κ2) is 5.72. The fourth-order valence-corrected chi connectivity index (χ4v) is 3.91. The van der Waals surface area contributed by atoms with Gasteiger partial charge in [-0.25, -0.2) is 8.42 Å². The smallest absolute Gasteiger partial charge is 0.295 e. The van der Waals surface area contributed by atoms with Crippen molar-refractivity contribution in [2.75, 3.05) is 31.1 Å². The molecule has 0 spiro atoms. The normalized spacial score (nSPS) is 25.7. The summed E-state index contributed by atoms with van der Waals surface area (Å²) in [6.07, 6.45) is 2.40. The van der Waals surface area contributed by atoms with Crippen LogP contribution in [0.5, 0.6) is 0 Å². The van der Waals surface area contributed by atoms with Crippen LogP contribution in [0, 0.1) is 0 Å². The third-order valence-corrected chi connectivity index (χ3v) is 5.55. The van der Waals surface area contributed by atoms with E-state index in [9.17, 15) is 13.2 Å². The second-order valence-electron chi connectivity index (χ2n) is 5.40. The number of hydrogen-bond donors (Lipinski definition) is 1. The highest BCUT2D eigenvalue weighted by Crippen LogP contribution is 2.21. The van der Waals surface area contributed by atoms with E-state index in [1.54, 1.807) is 0 Å². The van der Waals surface area contributed by atoms with Gasteiger partial charge >= 0.3 is 0 Å². The van der Waals surface area contributed by atoms with Crippen LogP contribution < -0.4 is 5.32 Å². The number of nitrogens with zero attached hydrogens (tertiary/aromatic N) is 3. The van der Waals surface area contributed by atoms with E-state index in [4.69, 9.17) is 4.52 Å². The van der Waals surface area contributed by atoms with Gasteiger partial charge < -0.3 is 14.7 Å². The van der Waals surface area contributed by atoms with Crippen molar-refractivity contribution in [1.82, 2.24) is 20.4 Å². The largest absolute Gasteiger partial charge is 0.337 e. The first-order valence-corrected chi connectivity index (χ1v) is 8.94. The van der Waals surface area contributed by atoms with Gasteiger partial charge in [0.1, 0.15) is 0 Å². The van der Waals surface area contributed by atoms with Crippen LogP contribution in [0.15, 0.2) is 4.52 Å². The molecule has 0 aromatic carbocycles. The molecule has 9 heteroatoms. The minimum atomic E-state index is -3.04. The van der Waals surface area contributed by atoms with Crippen molar-refractivity contribution in [2.45, 2.75) is 25.3 Å². The molecule has 0 radical (unpaired) electrons. The predicted octanol–water partition coefficient (Wildman–Crippen LogP) is -0.245. The van der Waals surface area contributed by atoms with Gasteiger partial charge in [-0.2, -0.15) is 4.98 Å². The number of hydrogen-bond acceptors (Lipinski definition) is 7. The Bertz CT molecular complexity index is 621. The zero-order valence-electron chi connectivity index (χ0n) is 11.6. The Kier molecular flexibility index (Phi) is 3.94. The molecule has 1 N–H and O–H groups in total. The Labute approximate surface area is 122 Å². The van der Waals surface area contributed by atoms with Crippen molar-refractivity contribution in [3.63, 3.8) is 0 Å². The molecule has 1 aromatic rings. The van der Waals surface area contributed by atoms with Gasteiger partial charge in [-0.1, -0.05) is 5.16 Å². The van der Waals surface area contributed by atoms with Gasteiger partial charge in [0.2, 0.25) is 5.89 Å². The van der Waals surface area contributed by atoms with Crippen LogP contribution in [-0.2, 0) is 9.84 Å². The molecular formula is C12H18N4O4S. The SMILES string of the molecule is O=C(c1noc(C2CCCN2)n1)N1CCCS(=O)(=O)CC1. The summed E-state index contributed by atoms with van der Waals surface area (Å²) >= 11 is 0. The lowest BCUT2D eigenvalue weighted by atomic mass is 10.2. The molecule has 0 bridgehead atoms. The molecule has 0 aliphatic carbocycles. The molecule has 3 rings (SSSR count). The standard InChI is InChI=1S/C12H18N4O4S/c17-12(16-5-2-7-21(18,19)8-6-16)10-14-11(20-15-10)9-3-1-4-13-9/h9,13H,1-8H2. The maximum atomic E-state index is 12.3. The molecule has 2 saturated heterocycles. The van der Waals surface area contributed by atoms with Crippen molar-refractivity contribution in [3.8, 4) is 0 Å². The highest BCUT2D eigenvalue weighted by Gasteiger charge is 2.28. The number of rotatable bonds is 2. The highest BCUT2D eigenvalue weighted by molar-refractivity contribution is 7.91. The average Bonchev–Trinajstić information content (AvgIpc) is 3.08. The van der Waals surface area contributed by atoms with Crippen LogP contribution in [0.4, 0.5) is 0 Å². The topological polar surface area (TPSA) is 105 Å². The highest BCUT2D eigenvalue weighted by atomic mass is 32.2. The number of sulfone groups is 1. The van der Waals surface area contributed by atoms with Gasteiger partial charge in [0.15, 0.2) is 9.84 Å². The van der Waals surface area contributed by atoms with Crippen molar-refractivity contribution in [1.29, 1.82) is 0 Å². The van der Waals surface area contributed by atoms with Crippen LogP contribution in [-0.4, -0.2) is 60.5 Å². The molecule has 1 amide bonds. The lowest BCUT2D eigenvalue weighted by Crippen LogP contribution is -2.34. The summed E-state index contributed by atoms with van der Waals surface area (Å²) in [7, 11) is -3.04. The number of nitrogens with one attached hydrogen (secondary N) is 1. The Hall–Kier alpha value is -1.48. The number of carbonyl (C=O) groups is 1. The Morgan fingerprint density at radius 1 is 1.29 bits per heavy atom. The predicted molar refractivity (Wildman–Crippen MR) is 73.5 cm³/mol. The van der Waals surface area contributed by atoms with E-state index in [0.717, 1.165) is 19.4 Å². The lowest BCUT2D eigenvalue weighted by Gasteiger charge is -2.17. The molecule has 2 aliphatic heterocycles. The van der Waals surface area contributed by atoms with Crippen LogP contribution in [0.3, 0.4) is 0 Å². The fourth-order valence-electron chi connectivity index (χ4n) is 2.64. The van der Waals surface area contributed by atoms with Crippen LogP contribution in [0.2, 0.25) is 0 Å². The maximum Gasteiger partial charge on any atom is 0.295 e. The third kappa shape index (κ3) is 3.24. The van der Waals surface area contributed by atoms with Crippen LogP contribution in [0.25, 0.3) is 0 Å². The summed E-state index contributed by atoms with van der Waals surface area (Å²) in [6, 6.07) is 0.0172. The Morgan fingerprint density at radius 2 is 2.14 bits per heavy atom. The van der Waals surface area contributed by atoms with Crippen molar-refractivity contribution in [3.05, 3.63) is 11.7 Å². The summed E-state index contributed by atoms with van der Waals surface area (Å²) in [5.41, 5.74) is 0. The van der Waals surface area contributed by atoms with E-state index in [2.05, 4.69) is 15.5 Å². The molecule has 3 heterocycles. The Morgan fingerprint density at radius 3 is 2.90 bits per heavy atom. The lowest BCUT2D eigenvalue weighted by molar-refractivity contribution is 0.0753. The summed E-state index contributed by atoms with van der Waals surface area (Å²) in [5, 5.41) is 6.96. The molecule has 1 atom stereocenters. The van der Waals surface area contributed by atoms with Crippen molar-refractivity contribution in [2.24, 2.45) is 0 Å². The zero-order valence-corrected chi connectivity index (χ0v) is 12.4. The molecule has 0 saturated carbocycles. The minimum absolute atomic E-state index is 0.00632. The first kappa shape index (κ1) is 14.5. The maximum absolute atomic E-state index is 12.3. The van der Waals surface area contributed by atoms with Crippen molar-refractivity contribution >= 4 is 15.7 Å². The fraction of sp³-hybridized carbons (Fsp3) is 0.750. The van der Waals surface area contributed by atoms with E-state index in [0.29, 0.717) is 18.9 Å². The monoisotopic (exact) mass is 314 g/mol. The molecule has 21 heavy (non-hydrogen) atoms. The minimum Gasteiger partial charge on any atom is -0.337 e. The number of carbonyl (C=O) groups excluding carboxylic acids is 1. The Balaban J connectivity index is 1.70. The van der Waals surface area contributed by atoms with E-state index >= 15 is 0 Å². The van der Waals surface area contributed by atoms with Gasteiger partial charge in [-0.05, 0) is 25.8 Å². The van der Waals surface area contributed by atoms with E-state index in [1.807, 2.05) is 0 Å². The van der Waals surface area contributed by atoms with E-state index < -0.39 is 9.84 Å². The van der Waals surface area contributed by atoms with Gasteiger partial charge in [0.05, 0.1) is 17.5 Å². The summed E-state index contributed by atoms with van der Waals surface area (Å²) in [4.78, 5) is 18.0. The summed E-state index contributed by atoms with van der Waals surface area (Å²) in [6.45, 7) is 1.50. The van der Waals surface area contributed by atoms with Gasteiger partial charge in [-0.3, -0.25) is 4.79 Å². The molecule has 2 fully saturated rings. The molecular weight excluding hydrogens is 296 g/mol. The van der Waals surface area contributed by atoms with Crippen LogP contribution in [0.1, 0.15) is 41.8 Å². The first-order valence-electron chi connectivity index (χ1n) is 7.12. The van der Waals surface area contributed by atoms with Crippen LogP contribution >= 0.6 is 0 Å². The quantitative estimate of drug-likeness (QED) is 0.802. The van der Waals surface area contributed by atoms with Gasteiger partial charge in [0.25, 0.3) is 11.7 Å². The molecule has 116 valence electrons. The van der Waals surface area contributed by atoms with E-state index in [1.165, 1.54) is 4.90 Å². The second-order valence-corrected chi connectivity index (χ2v) is 7.71. The van der Waals surface area contributed by atoms with E-state index in [-0.39, 0.29) is 35.8 Å². The number of amides is 1. The summed E-state index contributed by atoms with van der Waals surface area (Å²) in [5.74, 6) is 0.199. The average molecular weight is 314 g/mol. The molecule has 8 nitrogen and oxygen atoms in total.